The zero-order valence-corrected chi connectivity index (χ0v) is 12.0. The molecule has 0 bridgehead atoms. The fourth-order valence-corrected chi connectivity index (χ4v) is 3.18. The van der Waals surface area contributed by atoms with E-state index in [9.17, 15) is 0 Å². The Morgan fingerprint density at radius 3 is 2.28 bits per heavy atom. The summed E-state index contributed by atoms with van der Waals surface area (Å²) in [5, 5.41) is 0. The van der Waals surface area contributed by atoms with Crippen molar-refractivity contribution >= 4 is 6.20 Å². The average Bonchev–Trinajstić information content (AvgIpc) is 2.95. The maximum absolute atomic E-state index is 2.47. The number of allylic oxidation sites excluding steroid dienone is 1. The minimum Gasteiger partial charge on any atom is -0.327 e. The fourth-order valence-electron chi connectivity index (χ4n) is 3.18. The molecule has 0 amide bonds. The molecule has 0 atom stereocenters. The van der Waals surface area contributed by atoms with E-state index in [1.165, 1.54) is 57.1 Å². The van der Waals surface area contributed by atoms with Crippen molar-refractivity contribution in [1.82, 2.24) is 4.57 Å². The van der Waals surface area contributed by atoms with Crippen LogP contribution in [0.4, 0.5) is 0 Å². The summed E-state index contributed by atoms with van der Waals surface area (Å²) in [6.07, 6.45) is 17.7. The van der Waals surface area contributed by atoms with Crippen molar-refractivity contribution in [2.24, 2.45) is 0 Å². The molecule has 0 N–H and O–H groups in total. The number of fused-ring (bicyclic) bond motifs is 1. The quantitative estimate of drug-likeness (QED) is 0.542. The van der Waals surface area contributed by atoms with Crippen LogP contribution in [0.5, 0.6) is 0 Å². The lowest BCUT2D eigenvalue weighted by atomic mass is 9.76. The van der Waals surface area contributed by atoms with Gasteiger partial charge in [-0.25, -0.2) is 0 Å². The van der Waals surface area contributed by atoms with Gasteiger partial charge in [-0.3, -0.25) is 0 Å². The molecule has 1 aromatic rings. The highest BCUT2D eigenvalue weighted by atomic mass is 15.0. The first-order chi connectivity index (χ1) is 8.82. The lowest BCUT2D eigenvalue weighted by Gasteiger charge is -2.28. The lowest BCUT2D eigenvalue weighted by Crippen LogP contribution is -2.22. The molecule has 0 aromatic carbocycles. The maximum Gasteiger partial charge on any atom is 0.0321 e. The Balaban J connectivity index is 2.06. The van der Waals surface area contributed by atoms with E-state index < -0.39 is 0 Å². The van der Waals surface area contributed by atoms with Crippen LogP contribution in [-0.2, 0) is 5.41 Å². The summed E-state index contributed by atoms with van der Waals surface area (Å²) in [6, 6.07) is 4.51. The van der Waals surface area contributed by atoms with Gasteiger partial charge in [0.1, 0.15) is 0 Å². The molecule has 0 radical (unpaired) electrons. The van der Waals surface area contributed by atoms with E-state index >= 15 is 0 Å². The second-order valence-electron chi connectivity index (χ2n) is 5.69. The van der Waals surface area contributed by atoms with E-state index in [0.717, 1.165) is 0 Å². The molecule has 18 heavy (non-hydrogen) atoms. The van der Waals surface area contributed by atoms with Gasteiger partial charge in [0.05, 0.1) is 0 Å². The molecule has 0 unspecified atom stereocenters. The van der Waals surface area contributed by atoms with E-state index in [1.807, 2.05) is 0 Å². The van der Waals surface area contributed by atoms with E-state index in [2.05, 4.69) is 49.0 Å². The molecule has 1 aliphatic heterocycles. The molecule has 1 aliphatic rings. The average molecular weight is 245 g/mol. The van der Waals surface area contributed by atoms with Gasteiger partial charge in [-0.15, -0.1) is 0 Å². The predicted molar refractivity (Wildman–Crippen MR) is 79.7 cm³/mol. The monoisotopic (exact) mass is 245 g/mol. The zero-order chi connectivity index (χ0) is 12.8. The van der Waals surface area contributed by atoms with Gasteiger partial charge in [0.25, 0.3) is 0 Å². The van der Waals surface area contributed by atoms with Gasteiger partial charge in [0, 0.05) is 23.5 Å². The van der Waals surface area contributed by atoms with Crippen molar-refractivity contribution in [3.8, 4) is 0 Å². The standard InChI is InChI=1S/C17H27N/c1-3-5-7-11-17(12-8-6-4-2)13-15-18-14-9-10-16(17)18/h9-10,13-15H,3-8,11-12H2,1-2H3. The van der Waals surface area contributed by atoms with Gasteiger partial charge in [-0.1, -0.05) is 58.4 Å². The highest BCUT2D eigenvalue weighted by Gasteiger charge is 2.33. The van der Waals surface area contributed by atoms with Crippen LogP contribution in [0, 0.1) is 0 Å². The number of nitrogens with zero attached hydrogens (tertiary/aromatic N) is 1. The van der Waals surface area contributed by atoms with Gasteiger partial charge >= 0.3 is 0 Å². The van der Waals surface area contributed by atoms with Crippen molar-refractivity contribution in [2.45, 2.75) is 70.6 Å². The first-order valence-electron chi connectivity index (χ1n) is 7.69. The van der Waals surface area contributed by atoms with Gasteiger partial charge < -0.3 is 4.57 Å². The molecule has 0 fully saturated rings. The Hall–Kier alpha value is -0.980. The Labute approximate surface area is 112 Å². The summed E-state index contributed by atoms with van der Waals surface area (Å²) in [5.41, 5.74) is 1.86. The summed E-state index contributed by atoms with van der Waals surface area (Å²) < 4.78 is 2.32. The number of rotatable bonds is 8. The number of hydrogen-bond donors (Lipinski definition) is 0. The Bertz CT molecular complexity index is 376. The van der Waals surface area contributed by atoms with E-state index in [-0.39, 0.29) is 0 Å². The second-order valence-corrected chi connectivity index (χ2v) is 5.69. The van der Waals surface area contributed by atoms with Crippen LogP contribution in [0.15, 0.2) is 24.4 Å². The van der Waals surface area contributed by atoms with Crippen LogP contribution in [0.1, 0.15) is 70.9 Å². The van der Waals surface area contributed by atoms with Crippen LogP contribution in [-0.4, -0.2) is 4.57 Å². The molecule has 0 spiro atoms. The lowest BCUT2D eigenvalue weighted by molar-refractivity contribution is 0.409. The molecule has 1 nitrogen and oxygen atoms in total. The topological polar surface area (TPSA) is 4.93 Å². The minimum atomic E-state index is 0.341. The van der Waals surface area contributed by atoms with Crippen LogP contribution in [0.25, 0.3) is 6.20 Å². The van der Waals surface area contributed by atoms with Gasteiger partial charge in [-0.2, -0.15) is 0 Å². The normalized spacial score (nSPS) is 16.1. The van der Waals surface area contributed by atoms with Gasteiger partial charge in [0.2, 0.25) is 0 Å². The summed E-state index contributed by atoms with van der Waals surface area (Å²) in [7, 11) is 0. The maximum atomic E-state index is 2.47. The first-order valence-corrected chi connectivity index (χ1v) is 7.69. The van der Waals surface area contributed by atoms with E-state index in [4.69, 9.17) is 0 Å². The summed E-state index contributed by atoms with van der Waals surface area (Å²) in [4.78, 5) is 0. The molecule has 100 valence electrons. The smallest absolute Gasteiger partial charge is 0.0321 e. The Morgan fingerprint density at radius 1 is 1.00 bits per heavy atom. The molecule has 0 aliphatic carbocycles. The third-order valence-corrected chi connectivity index (χ3v) is 4.30. The highest BCUT2D eigenvalue weighted by molar-refractivity contribution is 5.46. The van der Waals surface area contributed by atoms with Crippen molar-refractivity contribution in [3.05, 3.63) is 30.1 Å². The summed E-state index contributed by atoms with van der Waals surface area (Å²) in [6.45, 7) is 4.58. The Morgan fingerprint density at radius 2 is 1.67 bits per heavy atom. The van der Waals surface area contributed by atoms with Crippen molar-refractivity contribution in [3.63, 3.8) is 0 Å². The summed E-state index contributed by atoms with van der Waals surface area (Å²) in [5.74, 6) is 0. The highest BCUT2D eigenvalue weighted by Crippen LogP contribution is 2.41. The van der Waals surface area contributed by atoms with Crippen molar-refractivity contribution in [2.75, 3.05) is 0 Å². The number of aromatic nitrogens is 1. The largest absolute Gasteiger partial charge is 0.327 e. The van der Waals surface area contributed by atoms with E-state index in [0.29, 0.717) is 5.41 Å². The molecule has 1 heteroatoms. The van der Waals surface area contributed by atoms with Crippen LogP contribution < -0.4 is 0 Å². The second kappa shape index (κ2) is 6.26. The van der Waals surface area contributed by atoms with Crippen molar-refractivity contribution in [1.29, 1.82) is 0 Å². The molecular formula is C17H27N. The molecule has 0 saturated heterocycles. The van der Waals surface area contributed by atoms with Crippen LogP contribution >= 0.6 is 0 Å². The third kappa shape index (κ3) is 2.71. The SMILES string of the molecule is CCCCCC1(CCCCC)C=Cn2cccc21. The minimum absolute atomic E-state index is 0.341. The van der Waals surface area contributed by atoms with Crippen LogP contribution in [0.2, 0.25) is 0 Å². The number of unbranched alkanes of at least 4 members (excludes halogenated alkanes) is 4. The molecule has 1 aromatic heterocycles. The fraction of sp³-hybridized carbons (Fsp3) is 0.647. The molecular weight excluding hydrogens is 218 g/mol. The Kier molecular flexibility index (Phi) is 4.68. The summed E-state index contributed by atoms with van der Waals surface area (Å²) >= 11 is 0. The molecule has 0 saturated carbocycles. The van der Waals surface area contributed by atoms with Gasteiger partial charge in [-0.05, 0) is 25.0 Å². The van der Waals surface area contributed by atoms with E-state index in [1.54, 1.807) is 0 Å². The first kappa shape index (κ1) is 13.5. The van der Waals surface area contributed by atoms with Crippen LogP contribution in [0.3, 0.4) is 0 Å². The zero-order valence-electron chi connectivity index (χ0n) is 12.0. The molecule has 2 heterocycles. The third-order valence-electron chi connectivity index (χ3n) is 4.30. The molecule has 2 rings (SSSR count). The number of hydrogen-bond acceptors (Lipinski definition) is 0. The predicted octanol–water partition coefficient (Wildman–Crippen LogP) is 5.37. The van der Waals surface area contributed by atoms with Gasteiger partial charge in [0.15, 0.2) is 0 Å². The van der Waals surface area contributed by atoms with Crippen molar-refractivity contribution < 1.29 is 0 Å².